The Morgan fingerprint density at radius 3 is 2.68 bits per heavy atom. The van der Waals surface area contributed by atoms with Crippen molar-refractivity contribution in [2.45, 2.75) is 26.8 Å². The van der Waals surface area contributed by atoms with Crippen molar-refractivity contribution >= 4 is 11.9 Å². The highest BCUT2D eigenvalue weighted by atomic mass is 16.1. The summed E-state index contributed by atoms with van der Waals surface area (Å²) in [5.41, 5.74) is 1.35. The van der Waals surface area contributed by atoms with Gasteiger partial charge in [0.25, 0.3) is 5.91 Å². The zero-order valence-electron chi connectivity index (χ0n) is 12.9. The molecule has 0 saturated carbocycles. The largest absolute Gasteiger partial charge is 0.354 e. The van der Waals surface area contributed by atoms with Gasteiger partial charge in [-0.15, -0.1) is 0 Å². The van der Waals surface area contributed by atoms with Crippen molar-refractivity contribution in [2.24, 2.45) is 5.92 Å². The summed E-state index contributed by atoms with van der Waals surface area (Å²) < 4.78 is 0. The van der Waals surface area contributed by atoms with E-state index in [-0.39, 0.29) is 5.91 Å². The van der Waals surface area contributed by atoms with Crippen LogP contribution >= 0.6 is 0 Å². The van der Waals surface area contributed by atoms with Gasteiger partial charge in [-0.3, -0.25) is 9.78 Å². The fourth-order valence-electron chi connectivity index (χ4n) is 1.82. The van der Waals surface area contributed by atoms with E-state index in [1.165, 1.54) is 0 Å². The molecular formula is C16H21N5O. The van der Waals surface area contributed by atoms with Gasteiger partial charge in [0.15, 0.2) is 0 Å². The fourth-order valence-corrected chi connectivity index (χ4v) is 1.82. The van der Waals surface area contributed by atoms with Crippen molar-refractivity contribution in [1.29, 1.82) is 0 Å². The molecule has 6 heteroatoms. The molecule has 0 spiro atoms. The first-order chi connectivity index (χ1) is 10.6. The quantitative estimate of drug-likeness (QED) is 0.819. The van der Waals surface area contributed by atoms with E-state index in [1.54, 1.807) is 24.7 Å². The summed E-state index contributed by atoms with van der Waals surface area (Å²) in [5.74, 6) is 0.877. The molecule has 0 aromatic carbocycles. The Balaban J connectivity index is 1.89. The molecule has 116 valence electrons. The molecule has 2 aromatic heterocycles. The molecule has 0 bridgehead atoms. The lowest BCUT2D eigenvalue weighted by Crippen LogP contribution is -2.24. The maximum atomic E-state index is 12.1. The molecule has 2 N–H and O–H groups in total. The minimum Gasteiger partial charge on any atom is -0.354 e. The Kier molecular flexibility index (Phi) is 5.82. The molecule has 1 amide bonds. The molecular weight excluding hydrogens is 278 g/mol. The molecule has 0 saturated heterocycles. The van der Waals surface area contributed by atoms with Crippen LogP contribution < -0.4 is 10.6 Å². The van der Waals surface area contributed by atoms with Gasteiger partial charge in [0.05, 0.1) is 0 Å². The van der Waals surface area contributed by atoms with Crippen molar-refractivity contribution < 1.29 is 4.79 Å². The van der Waals surface area contributed by atoms with E-state index in [9.17, 15) is 4.79 Å². The minimum absolute atomic E-state index is 0.217. The number of pyridine rings is 1. The number of hydrogen-bond donors (Lipinski definition) is 2. The van der Waals surface area contributed by atoms with Gasteiger partial charge in [0.1, 0.15) is 5.69 Å². The van der Waals surface area contributed by atoms with Crippen molar-refractivity contribution in [2.75, 3.05) is 11.9 Å². The van der Waals surface area contributed by atoms with Crippen LogP contribution in [-0.4, -0.2) is 27.4 Å². The van der Waals surface area contributed by atoms with Gasteiger partial charge < -0.3 is 10.6 Å². The van der Waals surface area contributed by atoms with Crippen LogP contribution in [0.15, 0.2) is 36.8 Å². The summed E-state index contributed by atoms with van der Waals surface area (Å²) in [6, 6.07) is 5.33. The van der Waals surface area contributed by atoms with Crippen LogP contribution in [0.1, 0.15) is 36.3 Å². The molecule has 2 aromatic rings. The highest BCUT2D eigenvalue weighted by Crippen LogP contribution is 2.04. The number of amides is 1. The number of hydrogen-bond acceptors (Lipinski definition) is 5. The van der Waals surface area contributed by atoms with Crippen molar-refractivity contribution in [3.63, 3.8) is 0 Å². The minimum atomic E-state index is -0.217. The van der Waals surface area contributed by atoms with E-state index in [0.717, 1.165) is 18.5 Å². The first-order valence-corrected chi connectivity index (χ1v) is 7.39. The van der Waals surface area contributed by atoms with E-state index < -0.39 is 0 Å². The highest BCUT2D eigenvalue weighted by Gasteiger charge is 2.08. The lowest BCUT2D eigenvalue weighted by Gasteiger charge is -2.08. The maximum absolute atomic E-state index is 12.1. The molecule has 0 aliphatic heterocycles. The van der Waals surface area contributed by atoms with Gasteiger partial charge in [0.2, 0.25) is 5.95 Å². The first kappa shape index (κ1) is 15.9. The molecule has 0 radical (unpaired) electrons. The second kappa shape index (κ2) is 8.07. The van der Waals surface area contributed by atoms with Gasteiger partial charge in [-0.05, 0) is 36.1 Å². The third-order valence-corrected chi connectivity index (χ3v) is 3.10. The van der Waals surface area contributed by atoms with Crippen LogP contribution in [0, 0.1) is 5.92 Å². The van der Waals surface area contributed by atoms with Gasteiger partial charge in [-0.1, -0.05) is 13.8 Å². The summed E-state index contributed by atoms with van der Waals surface area (Å²) in [6.07, 6.45) is 6.01. The molecule has 2 rings (SSSR count). The monoisotopic (exact) mass is 299 g/mol. The number of nitrogens with zero attached hydrogens (tertiary/aromatic N) is 3. The summed E-state index contributed by atoms with van der Waals surface area (Å²) in [5, 5.41) is 5.97. The Morgan fingerprint density at radius 1 is 1.18 bits per heavy atom. The van der Waals surface area contributed by atoms with Crippen molar-refractivity contribution in [3.05, 3.63) is 48.0 Å². The predicted molar refractivity (Wildman–Crippen MR) is 85.4 cm³/mol. The maximum Gasteiger partial charge on any atom is 0.270 e. The summed E-state index contributed by atoms with van der Waals surface area (Å²) in [4.78, 5) is 24.4. The summed E-state index contributed by atoms with van der Waals surface area (Å²) in [6.45, 7) is 5.55. The Morgan fingerprint density at radius 2 is 1.95 bits per heavy atom. The molecule has 0 fully saturated rings. The van der Waals surface area contributed by atoms with Gasteiger partial charge in [-0.25, -0.2) is 9.97 Å². The molecule has 0 aliphatic carbocycles. The number of carbonyl (C=O) groups is 1. The number of rotatable bonds is 7. The third kappa shape index (κ3) is 5.12. The molecule has 0 aliphatic rings. The van der Waals surface area contributed by atoms with Crippen molar-refractivity contribution in [1.82, 2.24) is 20.3 Å². The van der Waals surface area contributed by atoms with Gasteiger partial charge >= 0.3 is 0 Å². The normalized spacial score (nSPS) is 10.5. The van der Waals surface area contributed by atoms with Crippen LogP contribution in [0.2, 0.25) is 0 Å². The topological polar surface area (TPSA) is 79.8 Å². The third-order valence-electron chi connectivity index (χ3n) is 3.10. The zero-order chi connectivity index (χ0) is 15.8. The predicted octanol–water partition coefficient (Wildman–Crippen LogP) is 2.26. The molecule has 2 heterocycles. The van der Waals surface area contributed by atoms with Crippen LogP contribution in [0.3, 0.4) is 0 Å². The van der Waals surface area contributed by atoms with E-state index >= 15 is 0 Å². The van der Waals surface area contributed by atoms with E-state index in [4.69, 9.17) is 0 Å². The molecule has 22 heavy (non-hydrogen) atoms. The number of aromatic nitrogens is 3. The lowest BCUT2D eigenvalue weighted by molar-refractivity contribution is 0.0946. The molecule has 6 nitrogen and oxygen atoms in total. The first-order valence-electron chi connectivity index (χ1n) is 7.39. The average molecular weight is 299 g/mol. The van der Waals surface area contributed by atoms with Crippen LogP contribution in [-0.2, 0) is 6.54 Å². The Labute approximate surface area is 130 Å². The average Bonchev–Trinajstić information content (AvgIpc) is 2.53. The van der Waals surface area contributed by atoms with Gasteiger partial charge in [-0.2, -0.15) is 0 Å². The second-order valence-electron chi connectivity index (χ2n) is 5.41. The Hall–Kier alpha value is -2.50. The SMILES string of the molecule is CC(C)CCNc1nccc(C(=O)NCc2ccncc2)n1. The van der Waals surface area contributed by atoms with E-state index in [0.29, 0.717) is 24.1 Å². The number of nitrogens with one attached hydrogen (secondary N) is 2. The molecule has 0 unspecified atom stereocenters. The molecule has 0 atom stereocenters. The smallest absolute Gasteiger partial charge is 0.270 e. The van der Waals surface area contributed by atoms with Crippen LogP contribution in [0.4, 0.5) is 5.95 Å². The number of anilines is 1. The lowest BCUT2D eigenvalue weighted by atomic mass is 10.1. The Bertz CT molecular complexity index is 600. The second-order valence-corrected chi connectivity index (χ2v) is 5.41. The highest BCUT2D eigenvalue weighted by molar-refractivity contribution is 5.92. The standard InChI is InChI=1S/C16H21N5O/c1-12(2)3-9-18-16-19-10-6-14(21-16)15(22)20-11-13-4-7-17-8-5-13/h4-8,10,12H,3,9,11H2,1-2H3,(H,20,22)(H,18,19,21). The zero-order valence-corrected chi connectivity index (χ0v) is 12.9. The number of carbonyl (C=O) groups excluding carboxylic acids is 1. The van der Waals surface area contributed by atoms with Crippen molar-refractivity contribution in [3.8, 4) is 0 Å². The summed E-state index contributed by atoms with van der Waals surface area (Å²) in [7, 11) is 0. The van der Waals surface area contributed by atoms with E-state index in [1.807, 2.05) is 12.1 Å². The van der Waals surface area contributed by atoms with Gasteiger partial charge in [0, 0.05) is 31.7 Å². The van der Waals surface area contributed by atoms with E-state index in [2.05, 4.69) is 39.4 Å². The van der Waals surface area contributed by atoms with Crippen LogP contribution in [0.5, 0.6) is 0 Å². The summed E-state index contributed by atoms with van der Waals surface area (Å²) >= 11 is 0. The fraction of sp³-hybridized carbons (Fsp3) is 0.375. The van der Waals surface area contributed by atoms with Crippen LogP contribution in [0.25, 0.3) is 0 Å².